The smallest absolute Gasteiger partial charge is 0.127 e. The van der Waals surface area contributed by atoms with Crippen molar-refractivity contribution in [3.63, 3.8) is 0 Å². The van der Waals surface area contributed by atoms with Crippen molar-refractivity contribution in [2.75, 3.05) is 7.11 Å². The minimum absolute atomic E-state index is 0.797. The zero-order chi connectivity index (χ0) is 9.97. The van der Waals surface area contributed by atoms with Gasteiger partial charge in [0.2, 0.25) is 0 Å². The molecule has 1 aromatic carbocycles. The Morgan fingerprint density at radius 1 is 1.14 bits per heavy atom. The summed E-state index contributed by atoms with van der Waals surface area (Å²) in [5.74, 6) is 0.881. The molecule has 14 heavy (non-hydrogen) atoms. The summed E-state index contributed by atoms with van der Waals surface area (Å²) in [5.41, 5.74) is 1.09. The second-order valence-electron chi connectivity index (χ2n) is 2.80. The van der Waals surface area contributed by atoms with Crippen LogP contribution >= 0.6 is 22.9 Å². The van der Waals surface area contributed by atoms with E-state index in [1.165, 1.54) is 0 Å². The number of benzene rings is 1. The lowest BCUT2D eigenvalue weighted by atomic mass is 10.2. The summed E-state index contributed by atoms with van der Waals surface area (Å²) in [6.07, 6.45) is 0. The predicted octanol–water partition coefficient (Wildman–Crippen LogP) is 4.08. The largest absolute Gasteiger partial charge is 0.496 e. The lowest BCUT2D eigenvalue weighted by Crippen LogP contribution is -1.84. The first-order valence-electron chi connectivity index (χ1n) is 4.20. The molecule has 0 amide bonds. The van der Waals surface area contributed by atoms with Gasteiger partial charge in [0, 0.05) is 10.4 Å². The molecule has 1 heterocycles. The second-order valence-corrected chi connectivity index (χ2v) is 4.52. The van der Waals surface area contributed by atoms with Crippen LogP contribution in [0.3, 0.4) is 0 Å². The zero-order valence-corrected chi connectivity index (χ0v) is 9.23. The van der Waals surface area contributed by atoms with E-state index in [1.54, 1.807) is 18.4 Å². The Hall–Kier alpha value is -0.990. The molecule has 0 N–H and O–H groups in total. The molecule has 0 atom stereocenters. The molecule has 0 saturated carbocycles. The minimum atomic E-state index is 0.797. The third-order valence-electron chi connectivity index (χ3n) is 1.95. The zero-order valence-electron chi connectivity index (χ0n) is 7.66. The summed E-state index contributed by atoms with van der Waals surface area (Å²) in [6.45, 7) is 0. The van der Waals surface area contributed by atoms with Crippen LogP contribution in [0.4, 0.5) is 0 Å². The number of hydrogen-bond donors (Lipinski definition) is 0. The average molecular weight is 225 g/mol. The number of thiophene rings is 1. The third kappa shape index (κ3) is 1.76. The van der Waals surface area contributed by atoms with Gasteiger partial charge in [-0.3, -0.25) is 0 Å². The van der Waals surface area contributed by atoms with Crippen LogP contribution in [0.25, 0.3) is 10.4 Å². The Bertz CT molecular complexity index is 436. The monoisotopic (exact) mass is 224 g/mol. The molecular formula is C11H9ClOS. The maximum atomic E-state index is 5.88. The minimum Gasteiger partial charge on any atom is -0.496 e. The van der Waals surface area contributed by atoms with Crippen LogP contribution in [0.2, 0.25) is 4.34 Å². The molecule has 0 radical (unpaired) electrons. The average Bonchev–Trinajstić information content (AvgIpc) is 2.65. The van der Waals surface area contributed by atoms with E-state index in [1.807, 2.05) is 36.4 Å². The van der Waals surface area contributed by atoms with Crippen molar-refractivity contribution >= 4 is 22.9 Å². The van der Waals surface area contributed by atoms with Gasteiger partial charge in [0.15, 0.2) is 0 Å². The molecule has 1 nitrogen and oxygen atoms in total. The fourth-order valence-electron chi connectivity index (χ4n) is 1.31. The van der Waals surface area contributed by atoms with Crippen LogP contribution < -0.4 is 4.74 Å². The van der Waals surface area contributed by atoms with Gasteiger partial charge in [0.05, 0.1) is 11.4 Å². The summed E-state index contributed by atoms with van der Waals surface area (Å²) < 4.78 is 6.07. The molecule has 72 valence electrons. The van der Waals surface area contributed by atoms with Crippen LogP contribution in [0.5, 0.6) is 5.75 Å². The van der Waals surface area contributed by atoms with E-state index in [4.69, 9.17) is 16.3 Å². The molecule has 0 aliphatic carbocycles. The summed E-state index contributed by atoms with van der Waals surface area (Å²) in [4.78, 5) is 1.13. The molecule has 3 heteroatoms. The van der Waals surface area contributed by atoms with E-state index in [2.05, 4.69) is 0 Å². The van der Waals surface area contributed by atoms with Crippen molar-refractivity contribution < 1.29 is 4.74 Å². The second kappa shape index (κ2) is 4.03. The number of para-hydroxylation sites is 1. The Labute approximate surface area is 91.9 Å². The van der Waals surface area contributed by atoms with Gasteiger partial charge in [-0.2, -0.15) is 0 Å². The molecule has 0 fully saturated rings. The van der Waals surface area contributed by atoms with Crippen molar-refractivity contribution in [1.82, 2.24) is 0 Å². The van der Waals surface area contributed by atoms with E-state index in [0.717, 1.165) is 20.5 Å². The molecular weight excluding hydrogens is 216 g/mol. The van der Waals surface area contributed by atoms with E-state index >= 15 is 0 Å². The molecule has 2 aromatic rings. The van der Waals surface area contributed by atoms with Crippen molar-refractivity contribution in [3.05, 3.63) is 40.7 Å². The number of rotatable bonds is 2. The molecule has 0 unspecified atom stereocenters. The molecule has 0 aliphatic heterocycles. The van der Waals surface area contributed by atoms with E-state index in [0.29, 0.717) is 0 Å². The van der Waals surface area contributed by atoms with Crippen LogP contribution in [0.15, 0.2) is 36.4 Å². The normalized spacial score (nSPS) is 10.1. The van der Waals surface area contributed by atoms with Crippen molar-refractivity contribution in [1.29, 1.82) is 0 Å². The SMILES string of the molecule is COc1ccccc1-c1ccc(Cl)s1. The van der Waals surface area contributed by atoms with Gasteiger partial charge in [-0.05, 0) is 24.3 Å². The highest BCUT2D eigenvalue weighted by Gasteiger charge is 2.06. The van der Waals surface area contributed by atoms with E-state index < -0.39 is 0 Å². The molecule has 1 aromatic heterocycles. The summed E-state index contributed by atoms with van der Waals surface area (Å²) in [5, 5.41) is 0. The van der Waals surface area contributed by atoms with Gasteiger partial charge in [-0.1, -0.05) is 23.7 Å². The molecule has 0 aliphatic rings. The molecule has 0 saturated heterocycles. The fourth-order valence-corrected chi connectivity index (χ4v) is 2.38. The maximum absolute atomic E-state index is 5.88. The highest BCUT2D eigenvalue weighted by Crippen LogP contribution is 2.36. The van der Waals surface area contributed by atoms with E-state index in [9.17, 15) is 0 Å². The lowest BCUT2D eigenvalue weighted by Gasteiger charge is -2.04. The Morgan fingerprint density at radius 3 is 2.57 bits per heavy atom. The number of methoxy groups -OCH3 is 1. The first-order valence-corrected chi connectivity index (χ1v) is 5.39. The van der Waals surface area contributed by atoms with Gasteiger partial charge in [-0.25, -0.2) is 0 Å². The summed E-state index contributed by atoms with van der Waals surface area (Å²) in [6, 6.07) is 11.8. The quantitative estimate of drug-likeness (QED) is 0.747. The van der Waals surface area contributed by atoms with Gasteiger partial charge in [0.25, 0.3) is 0 Å². The first kappa shape index (κ1) is 9.56. The number of hydrogen-bond acceptors (Lipinski definition) is 2. The van der Waals surface area contributed by atoms with Crippen molar-refractivity contribution in [2.45, 2.75) is 0 Å². The Kier molecular flexibility index (Phi) is 2.75. The summed E-state index contributed by atoms with van der Waals surface area (Å²) in [7, 11) is 1.67. The summed E-state index contributed by atoms with van der Waals surface area (Å²) >= 11 is 7.44. The molecule has 2 rings (SSSR count). The Balaban J connectivity index is 2.50. The lowest BCUT2D eigenvalue weighted by molar-refractivity contribution is 0.416. The van der Waals surface area contributed by atoms with Crippen LogP contribution in [0.1, 0.15) is 0 Å². The standard InChI is InChI=1S/C11H9ClOS/c1-13-9-5-3-2-4-8(9)10-6-7-11(12)14-10/h2-7H,1H3. The number of halogens is 1. The van der Waals surface area contributed by atoms with Gasteiger partial charge < -0.3 is 4.74 Å². The highest BCUT2D eigenvalue weighted by molar-refractivity contribution is 7.19. The maximum Gasteiger partial charge on any atom is 0.127 e. The van der Waals surface area contributed by atoms with Gasteiger partial charge >= 0.3 is 0 Å². The predicted molar refractivity (Wildman–Crippen MR) is 61.3 cm³/mol. The van der Waals surface area contributed by atoms with E-state index in [-0.39, 0.29) is 0 Å². The molecule has 0 bridgehead atoms. The number of ether oxygens (including phenoxy) is 1. The third-order valence-corrected chi connectivity index (χ3v) is 3.21. The van der Waals surface area contributed by atoms with Crippen LogP contribution in [-0.4, -0.2) is 7.11 Å². The fraction of sp³-hybridized carbons (Fsp3) is 0.0909. The van der Waals surface area contributed by atoms with Crippen molar-refractivity contribution in [2.24, 2.45) is 0 Å². The topological polar surface area (TPSA) is 9.23 Å². The first-order chi connectivity index (χ1) is 6.81. The van der Waals surface area contributed by atoms with Gasteiger partial charge in [0.1, 0.15) is 5.75 Å². The van der Waals surface area contributed by atoms with Crippen molar-refractivity contribution in [3.8, 4) is 16.2 Å². The van der Waals surface area contributed by atoms with Gasteiger partial charge in [-0.15, -0.1) is 11.3 Å². The Morgan fingerprint density at radius 2 is 1.93 bits per heavy atom. The van der Waals surface area contributed by atoms with Crippen LogP contribution in [0, 0.1) is 0 Å². The highest BCUT2D eigenvalue weighted by atomic mass is 35.5. The van der Waals surface area contributed by atoms with Crippen LogP contribution in [-0.2, 0) is 0 Å². The molecule has 0 spiro atoms.